The number of aryl methyl sites for hydroxylation is 1. The molecule has 0 spiro atoms. The molecule has 2 fully saturated rings. The van der Waals surface area contributed by atoms with Gasteiger partial charge in [-0.1, -0.05) is 6.42 Å². The fourth-order valence-corrected chi connectivity index (χ4v) is 3.55. The molecule has 4 nitrogen and oxygen atoms in total. The van der Waals surface area contributed by atoms with E-state index in [0.717, 1.165) is 17.5 Å². The van der Waals surface area contributed by atoms with Crippen LogP contribution >= 0.6 is 0 Å². The molecule has 2 saturated carbocycles. The lowest BCUT2D eigenvalue weighted by Gasteiger charge is -2.20. The maximum absolute atomic E-state index is 12.0. The van der Waals surface area contributed by atoms with E-state index in [9.17, 15) is 4.79 Å². The summed E-state index contributed by atoms with van der Waals surface area (Å²) < 4.78 is 0. The number of hydrogen-bond acceptors (Lipinski definition) is 3. The van der Waals surface area contributed by atoms with E-state index in [0.29, 0.717) is 18.3 Å². The topological polar surface area (TPSA) is 54.9 Å². The first-order valence-corrected chi connectivity index (χ1v) is 6.80. The first-order valence-electron chi connectivity index (χ1n) is 6.80. The van der Waals surface area contributed by atoms with Gasteiger partial charge in [0, 0.05) is 18.3 Å². The highest BCUT2D eigenvalue weighted by Gasteiger charge is 2.40. The number of aromatic nitrogens is 2. The summed E-state index contributed by atoms with van der Waals surface area (Å²) in [4.78, 5) is 20.2. The van der Waals surface area contributed by atoms with Gasteiger partial charge in [0.25, 0.3) is 0 Å². The molecule has 0 aromatic carbocycles. The number of fused-ring (bicyclic) bond motifs is 2. The van der Waals surface area contributed by atoms with E-state index in [1.165, 1.54) is 25.7 Å². The molecule has 1 aromatic heterocycles. The molecule has 2 aliphatic carbocycles. The number of hydrogen-bond donors (Lipinski definition) is 1. The number of nitrogens with one attached hydrogen (secondary N) is 1. The van der Waals surface area contributed by atoms with E-state index in [1.807, 2.05) is 13.0 Å². The van der Waals surface area contributed by atoms with Gasteiger partial charge in [0.1, 0.15) is 0 Å². The summed E-state index contributed by atoms with van der Waals surface area (Å²) in [5, 5.41) is 2.81. The van der Waals surface area contributed by atoms with Crippen molar-refractivity contribution in [3.8, 4) is 0 Å². The standard InChI is InChI=1S/C14H19N3O/c1-9-4-5-15-14(16-9)17-13(18)8-12-7-10-2-3-11(12)6-10/h4-5,10-12H,2-3,6-8H2,1H3,(H,15,16,17,18). The van der Waals surface area contributed by atoms with Gasteiger partial charge in [0.05, 0.1) is 0 Å². The molecule has 3 atom stereocenters. The van der Waals surface area contributed by atoms with Crippen LogP contribution in [0.25, 0.3) is 0 Å². The van der Waals surface area contributed by atoms with E-state index < -0.39 is 0 Å². The van der Waals surface area contributed by atoms with Gasteiger partial charge in [0.15, 0.2) is 0 Å². The molecule has 3 unspecified atom stereocenters. The van der Waals surface area contributed by atoms with E-state index in [-0.39, 0.29) is 5.91 Å². The highest BCUT2D eigenvalue weighted by molar-refractivity contribution is 5.89. The third-order valence-electron chi connectivity index (χ3n) is 4.38. The van der Waals surface area contributed by atoms with Gasteiger partial charge >= 0.3 is 0 Å². The summed E-state index contributed by atoms with van der Waals surface area (Å²) in [6.45, 7) is 1.90. The van der Waals surface area contributed by atoms with Crippen LogP contribution in [0.2, 0.25) is 0 Å². The summed E-state index contributed by atoms with van der Waals surface area (Å²) in [5.41, 5.74) is 0.875. The molecule has 4 heteroatoms. The second-order valence-electron chi connectivity index (χ2n) is 5.71. The van der Waals surface area contributed by atoms with Crippen LogP contribution in [0.5, 0.6) is 0 Å². The molecule has 1 N–H and O–H groups in total. The molecular formula is C14H19N3O. The van der Waals surface area contributed by atoms with Crippen molar-refractivity contribution in [2.75, 3.05) is 5.32 Å². The van der Waals surface area contributed by atoms with Gasteiger partial charge in [-0.25, -0.2) is 9.97 Å². The van der Waals surface area contributed by atoms with E-state index in [4.69, 9.17) is 0 Å². The number of anilines is 1. The van der Waals surface area contributed by atoms with Crippen LogP contribution in [0, 0.1) is 24.7 Å². The Labute approximate surface area is 107 Å². The molecule has 0 saturated heterocycles. The zero-order chi connectivity index (χ0) is 12.5. The Bertz CT molecular complexity index is 460. The molecule has 0 aliphatic heterocycles. The quantitative estimate of drug-likeness (QED) is 0.890. The Morgan fingerprint density at radius 2 is 2.33 bits per heavy atom. The summed E-state index contributed by atoms with van der Waals surface area (Å²) in [5.74, 6) is 2.78. The van der Waals surface area contributed by atoms with Crippen molar-refractivity contribution < 1.29 is 4.79 Å². The molecule has 1 heterocycles. The van der Waals surface area contributed by atoms with Gasteiger partial charge in [-0.2, -0.15) is 0 Å². The fourth-order valence-electron chi connectivity index (χ4n) is 3.55. The highest BCUT2D eigenvalue weighted by atomic mass is 16.1. The minimum Gasteiger partial charge on any atom is -0.295 e. The van der Waals surface area contributed by atoms with Crippen molar-refractivity contribution >= 4 is 11.9 Å². The largest absolute Gasteiger partial charge is 0.295 e. The van der Waals surface area contributed by atoms with Gasteiger partial charge in [-0.15, -0.1) is 0 Å². The Morgan fingerprint density at radius 1 is 1.44 bits per heavy atom. The lowest BCUT2D eigenvalue weighted by molar-refractivity contribution is -0.117. The molecule has 2 bridgehead atoms. The highest BCUT2D eigenvalue weighted by Crippen LogP contribution is 2.49. The van der Waals surface area contributed by atoms with Crippen molar-refractivity contribution in [3.63, 3.8) is 0 Å². The first-order chi connectivity index (χ1) is 8.70. The van der Waals surface area contributed by atoms with Crippen LogP contribution in [-0.4, -0.2) is 15.9 Å². The van der Waals surface area contributed by atoms with Crippen molar-refractivity contribution in [1.29, 1.82) is 0 Å². The molecule has 2 aliphatic rings. The average molecular weight is 245 g/mol. The van der Waals surface area contributed by atoms with Crippen molar-refractivity contribution in [2.24, 2.45) is 17.8 Å². The predicted molar refractivity (Wildman–Crippen MR) is 69.0 cm³/mol. The second-order valence-corrected chi connectivity index (χ2v) is 5.71. The predicted octanol–water partition coefficient (Wildman–Crippen LogP) is 2.55. The van der Waals surface area contributed by atoms with E-state index in [1.54, 1.807) is 6.20 Å². The smallest absolute Gasteiger partial charge is 0.229 e. The first kappa shape index (κ1) is 11.6. The number of rotatable bonds is 3. The lowest BCUT2D eigenvalue weighted by atomic mass is 9.86. The number of nitrogens with zero attached hydrogens (tertiary/aromatic N) is 2. The zero-order valence-corrected chi connectivity index (χ0v) is 10.7. The van der Waals surface area contributed by atoms with Gasteiger partial charge in [0.2, 0.25) is 11.9 Å². The van der Waals surface area contributed by atoms with Crippen LogP contribution < -0.4 is 5.32 Å². The summed E-state index contributed by atoms with van der Waals surface area (Å²) in [6.07, 6.45) is 7.60. The maximum Gasteiger partial charge on any atom is 0.229 e. The Kier molecular flexibility index (Phi) is 3.02. The molecule has 18 heavy (non-hydrogen) atoms. The zero-order valence-electron chi connectivity index (χ0n) is 10.7. The number of amides is 1. The average Bonchev–Trinajstić information content (AvgIpc) is 2.90. The monoisotopic (exact) mass is 245 g/mol. The minimum atomic E-state index is 0.0677. The SMILES string of the molecule is Cc1ccnc(NC(=O)CC2CC3CCC2C3)n1. The van der Waals surface area contributed by atoms with Gasteiger partial charge in [-0.05, 0) is 50.0 Å². The van der Waals surface area contributed by atoms with Crippen LogP contribution in [0.15, 0.2) is 12.3 Å². The van der Waals surface area contributed by atoms with E-state index >= 15 is 0 Å². The summed E-state index contributed by atoms with van der Waals surface area (Å²) in [6, 6.07) is 1.82. The van der Waals surface area contributed by atoms with Gasteiger partial charge < -0.3 is 0 Å². The maximum atomic E-state index is 12.0. The molecular weight excluding hydrogens is 226 g/mol. The summed E-state index contributed by atoms with van der Waals surface area (Å²) in [7, 11) is 0. The molecule has 0 radical (unpaired) electrons. The molecule has 1 aromatic rings. The van der Waals surface area contributed by atoms with E-state index in [2.05, 4.69) is 15.3 Å². The Balaban J connectivity index is 1.56. The third-order valence-corrected chi connectivity index (χ3v) is 4.38. The lowest BCUT2D eigenvalue weighted by Crippen LogP contribution is -2.21. The summed E-state index contributed by atoms with van der Waals surface area (Å²) >= 11 is 0. The van der Waals surface area contributed by atoms with Crippen LogP contribution in [0.1, 0.15) is 37.8 Å². The number of carbonyl (C=O) groups excluding carboxylic acids is 1. The molecule has 1 amide bonds. The van der Waals surface area contributed by atoms with Crippen molar-refractivity contribution in [2.45, 2.75) is 39.0 Å². The van der Waals surface area contributed by atoms with Gasteiger partial charge in [-0.3, -0.25) is 10.1 Å². The minimum absolute atomic E-state index is 0.0677. The second kappa shape index (κ2) is 4.67. The van der Waals surface area contributed by atoms with Crippen LogP contribution in [-0.2, 0) is 4.79 Å². The van der Waals surface area contributed by atoms with Crippen LogP contribution in [0.4, 0.5) is 5.95 Å². The Hall–Kier alpha value is -1.45. The third kappa shape index (κ3) is 2.37. The molecule has 96 valence electrons. The fraction of sp³-hybridized carbons (Fsp3) is 0.643. The number of carbonyl (C=O) groups is 1. The van der Waals surface area contributed by atoms with Crippen molar-refractivity contribution in [3.05, 3.63) is 18.0 Å². The normalized spacial score (nSPS) is 29.5. The van der Waals surface area contributed by atoms with Crippen molar-refractivity contribution in [1.82, 2.24) is 9.97 Å². The Morgan fingerprint density at radius 3 is 3.00 bits per heavy atom. The van der Waals surface area contributed by atoms with Crippen LogP contribution in [0.3, 0.4) is 0 Å². The molecule has 3 rings (SSSR count).